The zero-order valence-electron chi connectivity index (χ0n) is 12.4. The van der Waals surface area contributed by atoms with Crippen molar-refractivity contribution in [1.29, 1.82) is 0 Å². The molecule has 0 bridgehead atoms. The van der Waals surface area contributed by atoms with Crippen molar-refractivity contribution in [3.05, 3.63) is 52.6 Å². The van der Waals surface area contributed by atoms with Crippen molar-refractivity contribution in [3.63, 3.8) is 0 Å². The summed E-state index contributed by atoms with van der Waals surface area (Å²) < 4.78 is 0. The molecule has 114 valence electrons. The number of aromatic nitrogens is 2. The lowest BCUT2D eigenvalue weighted by Gasteiger charge is -2.12. The summed E-state index contributed by atoms with van der Waals surface area (Å²) >= 11 is 6.06. The Kier molecular flexibility index (Phi) is 4.72. The summed E-state index contributed by atoms with van der Waals surface area (Å²) in [4.78, 5) is 33.5. The number of nitrogens with zero attached hydrogens (tertiary/aromatic N) is 3. The van der Waals surface area contributed by atoms with E-state index in [1.807, 2.05) is 0 Å². The fourth-order valence-electron chi connectivity index (χ4n) is 1.71. The van der Waals surface area contributed by atoms with E-state index in [1.54, 1.807) is 33.2 Å². The van der Waals surface area contributed by atoms with E-state index in [-0.39, 0.29) is 11.6 Å². The van der Waals surface area contributed by atoms with E-state index >= 15 is 0 Å². The third kappa shape index (κ3) is 3.59. The summed E-state index contributed by atoms with van der Waals surface area (Å²) in [5.74, 6) is -0.619. The molecule has 0 fully saturated rings. The van der Waals surface area contributed by atoms with Gasteiger partial charge in [-0.05, 0) is 25.1 Å². The van der Waals surface area contributed by atoms with Gasteiger partial charge < -0.3 is 10.2 Å². The minimum absolute atomic E-state index is 0.172. The molecule has 22 heavy (non-hydrogen) atoms. The van der Waals surface area contributed by atoms with Crippen molar-refractivity contribution in [3.8, 4) is 0 Å². The smallest absolute Gasteiger partial charge is 0.275 e. The van der Waals surface area contributed by atoms with Crippen LogP contribution in [0.1, 0.15) is 26.5 Å². The molecule has 2 rings (SSSR count). The Morgan fingerprint density at radius 1 is 1.18 bits per heavy atom. The van der Waals surface area contributed by atoms with Gasteiger partial charge in [0.05, 0.1) is 22.6 Å². The van der Waals surface area contributed by atoms with Gasteiger partial charge in [-0.2, -0.15) is 0 Å². The first-order valence-corrected chi connectivity index (χ1v) is 6.87. The highest BCUT2D eigenvalue weighted by molar-refractivity contribution is 6.34. The zero-order chi connectivity index (χ0) is 16.3. The van der Waals surface area contributed by atoms with E-state index in [4.69, 9.17) is 11.6 Å². The molecule has 0 aliphatic heterocycles. The summed E-state index contributed by atoms with van der Waals surface area (Å²) in [5, 5.41) is 2.97. The first kappa shape index (κ1) is 15.9. The Hall–Kier alpha value is -2.47. The zero-order valence-corrected chi connectivity index (χ0v) is 13.2. The molecule has 0 unspecified atom stereocenters. The number of rotatable bonds is 3. The number of halogens is 1. The van der Waals surface area contributed by atoms with Gasteiger partial charge in [0.15, 0.2) is 0 Å². The molecule has 1 aromatic carbocycles. The monoisotopic (exact) mass is 318 g/mol. The fraction of sp³-hybridized carbons (Fsp3) is 0.200. The summed E-state index contributed by atoms with van der Waals surface area (Å²) in [7, 11) is 3.30. The van der Waals surface area contributed by atoms with Gasteiger partial charge in [0.1, 0.15) is 5.69 Å². The maximum absolute atomic E-state index is 12.1. The summed E-state index contributed by atoms with van der Waals surface area (Å²) in [5.41, 5.74) is 1.67. The minimum Gasteiger partial charge on any atom is -0.345 e. The van der Waals surface area contributed by atoms with Crippen LogP contribution >= 0.6 is 11.6 Å². The first-order valence-electron chi connectivity index (χ1n) is 6.49. The Labute approximate surface area is 133 Å². The van der Waals surface area contributed by atoms with Crippen LogP contribution in [0, 0.1) is 6.92 Å². The van der Waals surface area contributed by atoms with Crippen LogP contribution in [0.2, 0.25) is 5.02 Å². The quantitative estimate of drug-likeness (QED) is 0.943. The van der Waals surface area contributed by atoms with Gasteiger partial charge in [-0.3, -0.25) is 14.6 Å². The number of carbonyl (C=O) groups excluding carboxylic acids is 2. The molecule has 0 spiro atoms. The van der Waals surface area contributed by atoms with Crippen LogP contribution in [0.3, 0.4) is 0 Å². The Balaban J connectivity index is 2.25. The molecule has 0 aliphatic rings. The third-order valence-electron chi connectivity index (χ3n) is 2.88. The second kappa shape index (κ2) is 6.53. The van der Waals surface area contributed by atoms with E-state index in [2.05, 4.69) is 15.3 Å². The molecule has 2 aromatic rings. The van der Waals surface area contributed by atoms with Gasteiger partial charge in [0, 0.05) is 25.9 Å². The highest BCUT2D eigenvalue weighted by Gasteiger charge is 2.14. The van der Waals surface area contributed by atoms with Crippen molar-refractivity contribution in [1.82, 2.24) is 14.9 Å². The fourth-order valence-corrected chi connectivity index (χ4v) is 1.87. The Bertz CT molecular complexity index is 714. The molecule has 7 heteroatoms. The normalized spacial score (nSPS) is 10.2. The number of nitrogens with one attached hydrogen (secondary N) is 1. The average molecular weight is 319 g/mol. The highest BCUT2D eigenvalue weighted by Crippen LogP contribution is 2.24. The van der Waals surface area contributed by atoms with Crippen LogP contribution in [-0.2, 0) is 0 Å². The van der Waals surface area contributed by atoms with E-state index in [1.165, 1.54) is 23.4 Å². The summed E-state index contributed by atoms with van der Waals surface area (Å²) in [6, 6.07) is 4.70. The van der Waals surface area contributed by atoms with Gasteiger partial charge in [0.2, 0.25) is 0 Å². The second-order valence-electron chi connectivity index (χ2n) is 4.89. The summed E-state index contributed by atoms with van der Waals surface area (Å²) in [6.07, 6.45) is 2.88. The predicted molar refractivity (Wildman–Crippen MR) is 84.2 cm³/mol. The maximum atomic E-state index is 12.1. The molecular formula is C15H15ClN4O2. The number of carbonyl (C=O) groups is 2. The Morgan fingerprint density at radius 2 is 1.91 bits per heavy atom. The van der Waals surface area contributed by atoms with Crippen molar-refractivity contribution in [2.24, 2.45) is 0 Å². The van der Waals surface area contributed by atoms with E-state index < -0.39 is 5.91 Å². The van der Waals surface area contributed by atoms with E-state index in [0.717, 1.165) is 0 Å². The van der Waals surface area contributed by atoms with Crippen LogP contribution in [0.4, 0.5) is 5.69 Å². The first-order chi connectivity index (χ1) is 10.4. The van der Waals surface area contributed by atoms with Crippen molar-refractivity contribution in [2.75, 3.05) is 19.4 Å². The average Bonchev–Trinajstić information content (AvgIpc) is 2.49. The lowest BCUT2D eigenvalue weighted by molar-refractivity contribution is 0.0827. The number of anilines is 1. The molecule has 0 saturated carbocycles. The lowest BCUT2D eigenvalue weighted by atomic mass is 10.1. The number of hydrogen-bond acceptors (Lipinski definition) is 4. The molecule has 0 aliphatic carbocycles. The number of amides is 2. The SMILES string of the molecule is Cc1cnc(C(=O)Nc2cc(C(=O)N(C)C)ccc2Cl)cn1. The number of benzene rings is 1. The van der Waals surface area contributed by atoms with Crippen LogP contribution in [0.5, 0.6) is 0 Å². The largest absolute Gasteiger partial charge is 0.345 e. The van der Waals surface area contributed by atoms with Crippen molar-refractivity contribution < 1.29 is 9.59 Å². The van der Waals surface area contributed by atoms with Crippen molar-refractivity contribution >= 4 is 29.1 Å². The third-order valence-corrected chi connectivity index (χ3v) is 3.21. The summed E-state index contributed by atoms with van der Waals surface area (Å²) in [6.45, 7) is 1.78. The molecule has 1 aromatic heterocycles. The van der Waals surface area contributed by atoms with Gasteiger partial charge in [-0.15, -0.1) is 0 Å². The number of aryl methyl sites for hydroxylation is 1. The second-order valence-corrected chi connectivity index (χ2v) is 5.30. The van der Waals surface area contributed by atoms with Crippen molar-refractivity contribution in [2.45, 2.75) is 6.92 Å². The molecule has 6 nitrogen and oxygen atoms in total. The van der Waals surface area contributed by atoms with Crippen LogP contribution in [-0.4, -0.2) is 40.8 Å². The molecule has 0 saturated heterocycles. The molecule has 1 N–H and O–H groups in total. The standard InChI is InChI=1S/C15H15ClN4O2/c1-9-7-18-13(8-17-9)14(21)19-12-6-10(4-5-11(12)16)15(22)20(2)3/h4-8H,1-3H3,(H,19,21). The van der Waals surface area contributed by atoms with E-state index in [0.29, 0.717) is 22.0 Å². The van der Waals surface area contributed by atoms with Gasteiger partial charge in [0.25, 0.3) is 11.8 Å². The molecular weight excluding hydrogens is 304 g/mol. The van der Waals surface area contributed by atoms with Gasteiger partial charge in [-0.1, -0.05) is 11.6 Å². The lowest BCUT2D eigenvalue weighted by Crippen LogP contribution is -2.22. The molecule has 0 radical (unpaired) electrons. The molecule has 2 amide bonds. The van der Waals surface area contributed by atoms with E-state index in [9.17, 15) is 9.59 Å². The number of hydrogen-bond donors (Lipinski definition) is 1. The van der Waals surface area contributed by atoms with Crippen LogP contribution < -0.4 is 5.32 Å². The van der Waals surface area contributed by atoms with Gasteiger partial charge in [-0.25, -0.2) is 4.98 Å². The van der Waals surface area contributed by atoms with Gasteiger partial charge >= 0.3 is 0 Å². The maximum Gasteiger partial charge on any atom is 0.275 e. The minimum atomic E-state index is -0.441. The molecule has 0 atom stereocenters. The van der Waals surface area contributed by atoms with Crippen LogP contribution in [0.15, 0.2) is 30.6 Å². The highest BCUT2D eigenvalue weighted by atomic mass is 35.5. The molecule has 1 heterocycles. The Morgan fingerprint density at radius 3 is 2.50 bits per heavy atom. The van der Waals surface area contributed by atoms with Crippen LogP contribution in [0.25, 0.3) is 0 Å². The predicted octanol–water partition coefficient (Wildman–Crippen LogP) is 2.39. The topological polar surface area (TPSA) is 75.2 Å².